The molecule has 0 fully saturated rings. The van der Waals surface area contributed by atoms with Crippen LogP contribution in [0.4, 0.5) is 11.4 Å². The molecule has 0 aliphatic carbocycles. The lowest BCUT2D eigenvalue weighted by atomic mass is 10.2. The predicted octanol–water partition coefficient (Wildman–Crippen LogP) is 1.21. The first-order valence-electron chi connectivity index (χ1n) is 5.59. The van der Waals surface area contributed by atoms with Crippen LogP contribution in [0.25, 0.3) is 0 Å². The fourth-order valence-electron chi connectivity index (χ4n) is 1.35. The van der Waals surface area contributed by atoms with E-state index in [4.69, 9.17) is 11.5 Å². The number of nitrogens with one attached hydrogen (secondary N) is 1. The van der Waals surface area contributed by atoms with Crippen LogP contribution in [0.5, 0.6) is 0 Å². The maximum Gasteiger partial charge on any atom is 0.227 e. The van der Waals surface area contributed by atoms with Crippen LogP contribution >= 0.6 is 11.8 Å². The fourth-order valence-corrected chi connectivity index (χ4v) is 2.04. The lowest BCUT2D eigenvalue weighted by molar-refractivity contribution is -0.116. The van der Waals surface area contributed by atoms with Gasteiger partial charge < -0.3 is 16.8 Å². The molecule has 0 aliphatic rings. The molecule has 0 spiro atoms. The van der Waals surface area contributed by atoms with E-state index in [9.17, 15) is 9.59 Å². The first-order valence-corrected chi connectivity index (χ1v) is 6.75. The van der Waals surface area contributed by atoms with Crippen LogP contribution < -0.4 is 16.8 Å². The van der Waals surface area contributed by atoms with Gasteiger partial charge >= 0.3 is 0 Å². The van der Waals surface area contributed by atoms with Crippen molar-refractivity contribution in [3.63, 3.8) is 0 Å². The maximum atomic E-state index is 11.6. The highest BCUT2D eigenvalue weighted by atomic mass is 32.2. The van der Waals surface area contributed by atoms with Crippen LogP contribution in [0.1, 0.15) is 12.8 Å². The minimum absolute atomic E-state index is 0.0553. The second-order valence-corrected chi connectivity index (χ2v) is 4.90. The summed E-state index contributed by atoms with van der Waals surface area (Å²) in [6.45, 7) is 0. The smallest absolute Gasteiger partial charge is 0.227 e. The van der Waals surface area contributed by atoms with Gasteiger partial charge in [-0.1, -0.05) is 6.07 Å². The molecule has 2 amide bonds. The van der Waals surface area contributed by atoms with Crippen LogP contribution in [-0.4, -0.2) is 23.3 Å². The lowest BCUT2D eigenvalue weighted by Crippen LogP contribution is -2.14. The highest BCUT2D eigenvalue weighted by Crippen LogP contribution is 2.12. The zero-order valence-corrected chi connectivity index (χ0v) is 10.8. The van der Waals surface area contributed by atoms with E-state index in [-0.39, 0.29) is 11.8 Å². The van der Waals surface area contributed by atoms with Gasteiger partial charge in [0, 0.05) is 17.8 Å². The summed E-state index contributed by atoms with van der Waals surface area (Å²) in [4.78, 5) is 22.0. The number of carbonyl (C=O) groups excluding carboxylic acids is 2. The van der Waals surface area contributed by atoms with E-state index in [2.05, 4.69) is 5.32 Å². The van der Waals surface area contributed by atoms with Crippen LogP contribution in [-0.2, 0) is 9.59 Å². The summed E-state index contributed by atoms with van der Waals surface area (Å²) in [6, 6.07) is 7.04. The second-order valence-electron chi connectivity index (χ2n) is 3.80. The zero-order valence-electron chi connectivity index (χ0n) is 10.0. The standard InChI is InChI=1S/C12H17N3O2S/c13-9-3-1-4-10(7-9)15-12(17)5-2-6-18-8-11(14)16/h1,3-4,7H,2,5-6,8,13H2,(H2,14,16)(H,15,17). The molecule has 0 heterocycles. The summed E-state index contributed by atoms with van der Waals surface area (Å²) in [7, 11) is 0. The minimum Gasteiger partial charge on any atom is -0.399 e. The van der Waals surface area contributed by atoms with E-state index >= 15 is 0 Å². The van der Waals surface area contributed by atoms with E-state index in [1.807, 2.05) is 0 Å². The molecular weight excluding hydrogens is 250 g/mol. The molecular formula is C12H17N3O2S. The Kier molecular flexibility index (Phi) is 6.07. The molecule has 0 bridgehead atoms. The van der Waals surface area contributed by atoms with Crippen LogP contribution in [0.2, 0.25) is 0 Å². The number of hydrogen-bond donors (Lipinski definition) is 3. The second kappa shape index (κ2) is 7.60. The predicted molar refractivity (Wildman–Crippen MR) is 75.2 cm³/mol. The quantitative estimate of drug-likeness (QED) is 0.511. The van der Waals surface area contributed by atoms with Gasteiger partial charge in [0.1, 0.15) is 0 Å². The molecule has 18 heavy (non-hydrogen) atoms. The van der Waals surface area contributed by atoms with Gasteiger partial charge in [-0.25, -0.2) is 0 Å². The van der Waals surface area contributed by atoms with Gasteiger partial charge in [0.05, 0.1) is 5.75 Å². The molecule has 0 saturated heterocycles. The molecule has 98 valence electrons. The Bertz CT molecular complexity index is 424. The van der Waals surface area contributed by atoms with E-state index in [1.165, 1.54) is 11.8 Å². The van der Waals surface area contributed by atoms with E-state index < -0.39 is 0 Å². The van der Waals surface area contributed by atoms with Gasteiger partial charge in [0.15, 0.2) is 0 Å². The number of nitrogen functional groups attached to an aromatic ring is 1. The average Bonchev–Trinajstić information content (AvgIpc) is 2.28. The number of primary amides is 1. The number of rotatable bonds is 7. The number of hydrogen-bond acceptors (Lipinski definition) is 4. The summed E-state index contributed by atoms with van der Waals surface area (Å²) >= 11 is 1.44. The molecule has 0 saturated carbocycles. The molecule has 0 atom stereocenters. The van der Waals surface area contributed by atoms with Crippen molar-refractivity contribution in [2.75, 3.05) is 22.6 Å². The van der Waals surface area contributed by atoms with Gasteiger partial charge in [-0.2, -0.15) is 11.8 Å². The summed E-state index contributed by atoms with van der Waals surface area (Å²) in [6.07, 6.45) is 1.13. The first-order chi connectivity index (χ1) is 8.58. The summed E-state index contributed by atoms with van der Waals surface area (Å²) < 4.78 is 0. The third-order valence-corrected chi connectivity index (χ3v) is 3.17. The minimum atomic E-state index is -0.329. The van der Waals surface area contributed by atoms with Gasteiger partial charge in [-0.05, 0) is 30.4 Å². The van der Waals surface area contributed by atoms with E-state index in [0.29, 0.717) is 30.0 Å². The molecule has 1 rings (SSSR count). The number of thioether (sulfide) groups is 1. The fraction of sp³-hybridized carbons (Fsp3) is 0.333. The molecule has 1 aromatic rings. The SMILES string of the molecule is NC(=O)CSCCCC(=O)Nc1cccc(N)c1. The number of nitrogens with two attached hydrogens (primary N) is 2. The number of anilines is 2. The number of carbonyl (C=O) groups is 2. The summed E-state index contributed by atoms with van der Waals surface area (Å²) in [5.41, 5.74) is 11.9. The van der Waals surface area contributed by atoms with Gasteiger partial charge in [-0.3, -0.25) is 9.59 Å². The number of amides is 2. The van der Waals surface area contributed by atoms with E-state index in [0.717, 1.165) is 5.75 Å². The third-order valence-electron chi connectivity index (χ3n) is 2.11. The van der Waals surface area contributed by atoms with Crippen molar-refractivity contribution in [2.24, 2.45) is 5.73 Å². The molecule has 0 unspecified atom stereocenters. The Morgan fingerprint density at radius 1 is 1.33 bits per heavy atom. The van der Waals surface area contributed by atoms with Crippen LogP contribution in [0.15, 0.2) is 24.3 Å². The Morgan fingerprint density at radius 2 is 2.11 bits per heavy atom. The van der Waals surface area contributed by atoms with Crippen molar-refractivity contribution in [1.29, 1.82) is 0 Å². The highest BCUT2D eigenvalue weighted by Gasteiger charge is 2.03. The lowest BCUT2D eigenvalue weighted by Gasteiger charge is -2.05. The summed E-state index contributed by atoms with van der Waals surface area (Å²) in [5, 5.41) is 2.76. The zero-order chi connectivity index (χ0) is 13.4. The Balaban J connectivity index is 2.20. The van der Waals surface area contributed by atoms with Gasteiger partial charge in [-0.15, -0.1) is 0 Å². The molecule has 0 aliphatic heterocycles. The Labute approximate surface area is 110 Å². The number of benzene rings is 1. The van der Waals surface area contributed by atoms with Crippen LogP contribution in [0.3, 0.4) is 0 Å². The largest absolute Gasteiger partial charge is 0.399 e. The molecule has 5 N–H and O–H groups in total. The van der Waals surface area contributed by atoms with Crippen molar-refractivity contribution in [3.05, 3.63) is 24.3 Å². The molecule has 0 aromatic heterocycles. The topological polar surface area (TPSA) is 98.2 Å². The van der Waals surface area contributed by atoms with Crippen molar-refractivity contribution in [1.82, 2.24) is 0 Å². The average molecular weight is 267 g/mol. The molecule has 1 aromatic carbocycles. The van der Waals surface area contributed by atoms with Crippen molar-refractivity contribution >= 4 is 35.0 Å². The summed E-state index contributed by atoms with van der Waals surface area (Å²) in [5.74, 6) is 0.661. The van der Waals surface area contributed by atoms with Gasteiger partial charge in [0.25, 0.3) is 0 Å². The van der Waals surface area contributed by atoms with Crippen molar-refractivity contribution in [2.45, 2.75) is 12.8 Å². The highest BCUT2D eigenvalue weighted by molar-refractivity contribution is 7.99. The Hall–Kier alpha value is -1.69. The molecule has 5 nitrogen and oxygen atoms in total. The van der Waals surface area contributed by atoms with Crippen LogP contribution in [0, 0.1) is 0 Å². The molecule has 0 radical (unpaired) electrons. The van der Waals surface area contributed by atoms with E-state index in [1.54, 1.807) is 24.3 Å². The normalized spacial score (nSPS) is 10.0. The monoisotopic (exact) mass is 267 g/mol. The van der Waals surface area contributed by atoms with Gasteiger partial charge in [0.2, 0.25) is 11.8 Å². The first kappa shape index (κ1) is 14.4. The van der Waals surface area contributed by atoms with Crippen molar-refractivity contribution < 1.29 is 9.59 Å². The molecule has 6 heteroatoms. The van der Waals surface area contributed by atoms with Crippen molar-refractivity contribution in [3.8, 4) is 0 Å². The maximum absolute atomic E-state index is 11.6. The Morgan fingerprint density at radius 3 is 2.78 bits per heavy atom. The third kappa shape index (κ3) is 6.15.